The number of nitrogen functional groups attached to an aromatic ring is 1. The zero-order valence-corrected chi connectivity index (χ0v) is 10.6. The molecule has 1 aromatic heterocycles. The van der Waals surface area contributed by atoms with Crippen molar-refractivity contribution in [2.75, 3.05) is 12.8 Å². The highest BCUT2D eigenvalue weighted by atomic mass is 16.5. The van der Waals surface area contributed by atoms with Crippen LogP contribution in [-0.2, 0) is 17.8 Å². The molecule has 19 heavy (non-hydrogen) atoms. The number of anilines is 1. The van der Waals surface area contributed by atoms with Crippen LogP contribution < -0.4 is 15.8 Å². The number of hydrogen-bond donors (Lipinski definition) is 3. The van der Waals surface area contributed by atoms with Gasteiger partial charge in [0, 0.05) is 12.1 Å². The molecule has 0 atom stereocenters. The summed E-state index contributed by atoms with van der Waals surface area (Å²) >= 11 is 0. The second kappa shape index (κ2) is 5.90. The van der Waals surface area contributed by atoms with Crippen LogP contribution in [-0.4, -0.2) is 23.2 Å². The number of rotatable bonds is 5. The molecule has 0 spiro atoms. The van der Waals surface area contributed by atoms with E-state index in [1.807, 2.05) is 24.3 Å². The number of amides is 1. The maximum atomic E-state index is 11.8. The van der Waals surface area contributed by atoms with Crippen molar-refractivity contribution in [1.82, 2.24) is 15.5 Å². The minimum absolute atomic E-state index is 0.0641. The van der Waals surface area contributed by atoms with Crippen LogP contribution in [0.2, 0.25) is 0 Å². The van der Waals surface area contributed by atoms with E-state index in [0.717, 1.165) is 16.9 Å². The number of H-pyrrole nitrogens is 1. The van der Waals surface area contributed by atoms with Gasteiger partial charge in [0.25, 0.3) is 0 Å². The Morgan fingerprint density at radius 2 is 2.16 bits per heavy atom. The fourth-order valence-electron chi connectivity index (χ4n) is 1.65. The summed E-state index contributed by atoms with van der Waals surface area (Å²) < 4.78 is 5.06. The van der Waals surface area contributed by atoms with Crippen molar-refractivity contribution in [3.05, 3.63) is 41.6 Å². The fourth-order valence-corrected chi connectivity index (χ4v) is 1.65. The second-order valence-electron chi connectivity index (χ2n) is 4.11. The van der Waals surface area contributed by atoms with E-state index in [-0.39, 0.29) is 5.91 Å². The topological polar surface area (TPSA) is 93.0 Å². The number of nitrogens with one attached hydrogen (secondary N) is 2. The molecule has 6 heteroatoms. The minimum atomic E-state index is -0.0641. The van der Waals surface area contributed by atoms with Gasteiger partial charge < -0.3 is 15.8 Å². The third-order valence-electron chi connectivity index (χ3n) is 2.75. The zero-order valence-electron chi connectivity index (χ0n) is 10.6. The molecule has 100 valence electrons. The molecule has 0 aliphatic rings. The average molecular weight is 260 g/mol. The van der Waals surface area contributed by atoms with Crippen LogP contribution in [0.3, 0.4) is 0 Å². The van der Waals surface area contributed by atoms with E-state index in [9.17, 15) is 4.79 Å². The number of ether oxygens (including phenoxy) is 1. The lowest BCUT2D eigenvalue weighted by molar-refractivity contribution is -0.120. The maximum absolute atomic E-state index is 11.8. The molecule has 4 N–H and O–H groups in total. The lowest BCUT2D eigenvalue weighted by Crippen LogP contribution is -2.24. The van der Waals surface area contributed by atoms with E-state index in [1.54, 1.807) is 13.3 Å². The monoisotopic (exact) mass is 260 g/mol. The van der Waals surface area contributed by atoms with Gasteiger partial charge in [-0.05, 0) is 17.7 Å². The maximum Gasteiger partial charge on any atom is 0.224 e. The second-order valence-corrected chi connectivity index (χ2v) is 4.11. The molecule has 0 radical (unpaired) electrons. The van der Waals surface area contributed by atoms with E-state index in [1.165, 1.54) is 0 Å². The fraction of sp³-hybridized carbons (Fsp3) is 0.231. The van der Waals surface area contributed by atoms with E-state index in [0.29, 0.717) is 18.8 Å². The predicted molar refractivity (Wildman–Crippen MR) is 71.5 cm³/mol. The Kier molecular flexibility index (Phi) is 4.02. The van der Waals surface area contributed by atoms with E-state index < -0.39 is 0 Å². The van der Waals surface area contributed by atoms with Crippen LogP contribution in [0.15, 0.2) is 30.5 Å². The van der Waals surface area contributed by atoms with Crippen molar-refractivity contribution in [2.24, 2.45) is 0 Å². The van der Waals surface area contributed by atoms with Crippen LogP contribution in [0.5, 0.6) is 5.75 Å². The highest BCUT2D eigenvalue weighted by molar-refractivity contribution is 5.78. The Hall–Kier alpha value is -2.50. The third-order valence-corrected chi connectivity index (χ3v) is 2.75. The number of carbonyl (C=O) groups is 1. The number of methoxy groups -OCH3 is 1. The molecule has 1 amide bonds. The van der Waals surface area contributed by atoms with Gasteiger partial charge in [-0.1, -0.05) is 12.1 Å². The molecule has 0 bridgehead atoms. The van der Waals surface area contributed by atoms with Crippen LogP contribution in [0.25, 0.3) is 0 Å². The third kappa shape index (κ3) is 3.48. The molecule has 6 nitrogen and oxygen atoms in total. The Morgan fingerprint density at radius 3 is 2.74 bits per heavy atom. The van der Waals surface area contributed by atoms with Crippen LogP contribution >= 0.6 is 0 Å². The molecular formula is C13H16N4O2. The van der Waals surface area contributed by atoms with Crippen molar-refractivity contribution in [2.45, 2.75) is 13.0 Å². The van der Waals surface area contributed by atoms with Crippen molar-refractivity contribution >= 4 is 11.7 Å². The first kappa shape index (κ1) is 12.9. The molecule has 0 aliphatic heterocycles. The summed E-state index contributed by atoms with van der Waals surface area (Å²) in [6.45, 7) is 0.372. The smallest absolute Gasteiger partial charge is 0.224 e. The number of aromatic nitrogens is 2. The SMILES string of the molecule is COc1ccc(CC(=O)NCc2cn[nH]c2N)cc1. The summed E-state index contributed by atoms with van der Waals surface area (Å²) in [5, 5.41) is 9.20. The van der Waals surface area contributed by atoms with Gasteiger partial charge >= 0.3 is 0 Å². The molecule has 0 aliphatic carbocycles. The summed E-state index contributed by atoms with van der Waals surface area (Å²) in [6, 6.07) is 7.39. The number of benzene rings is 1. The molecular weight excluding hydrogens is 244 g/mol. The van der Waals surface area contributed by atoms with Gasteiger partial charge in [-0.25, -0.2) is 0 Å². The highest BCUT2D eigenvalue weighted by Crippen LogP contribution is 2.11. The average Bonchev–Trinajstić information content (AvgIpc) is 2.83. The summed E-state index contributed by atoms with van der Waals surface area (Å²) in [6.07, 6.45) is 1.92. The van der Waals surface area contributed by atoms with E-state index in [2.05, 4.69) is 15.5 Å². The normalized spacial score (nSPS) is 10.2. The Morgan fingerprint density at radius 1 is 1.42 bits per heavy atom. The van der Waals surface area contributed by atoms with Crippen LogP contribution in [0, 0.1) is 0 Å². The van der Waals surface area contributed by atoms with Crippen molar-refractivity contribution < 1.29 is 9.53 Å². The molecule has 2 aromatic rings. The minimum Gasteiger partial charge on any atom is -0.497 e. The van der Waals surface area contributed by atoms with Gasteiger partial charge in [-0.15, -0.1) is 0 Å². The first-order valence-electron chi connectivity index (χ1n) is 5.86. The van der Waals surface area contributed by atoms with Gasteiger partial charge in [0.15, 0.2) is 0 Å². The Bertz CT molecular complexity index is 548. The molecule has 1 heterocycles. The van der Waals surface area contributed by atoms with E-state index >= 15 is 0 Å². The standard InChI is InChI=1S/C13H16N4O2/c1-19-11-4-2-9(3-5-11)6-12(18)15-7-10-8-16-17-13(10)14/h2-5,8H,6-7H2,1H3,(H,15,18)(H3,14,16,17). The van der Waals surface area contributed by atoms with Gasteiger partial charge in [-0.3, -0.25) is 9.89 Å². The molecule has 0 saturated carbocycles. The Labute approximate surface area is 111 Å². The van der Waals surface area contributed by atoms with Crippen molar-refractivity contribution in [3.63, 3.8) is 0 Å². The largest absolute Gasteiger partial charge is 0.497 e. The predicted octanol–water partition coefficient (Wildman–Crippen LogP) is 0.859. The summed E-state index contributed by atoms with van der Waals surface area (Å²) in [4.78, 5) is 11.8. The molecule has 0 fully saturated rings. The van der Waals surface area contributed by atoms with Gasteiger partial charge in [0.1, 0.15) is 11.6 Å². The lowest BCUT2D eigenvalue weighted by atomic mass is 10.1. The number of aromatic amines is 1. The van der Waals surface area contributed by atoms with Gasteiger partial charge in [0.05, 0.1) is 19.7 Å². The van der Waals surface area contributed by atoms with Crippen molar-refractivity contribution in [1.29, 1.82) is 0 Å². The van der Waals surface area contributed by atoms with Crippen LogP contribution in [0.4, 0.5) is 5.82 Å². The molecule has 1 aromatic carbocycles. The first-order valence-corrected chi connectivity index (χ1v) is 5.86. The van der Waals surface area contributed by atoms with Gasteiger partial charge in [0.2, 0.25) is 5.91 Å². The first-order chi connectivity index (χ1) is 9.19. The molecule has 0 saturated heterocycles. The van der Waals surface area contributed by atoms with Crippen LogP contribution in [0.1, 0.15) is 11.1 Å². The highest BCUT2D eigenvalue weighted by Gasteiger charge is 2.06. The number of nitrogens with zero attached hydrogens (tertiary/aromatic N) is 1. The van der Waals surface area contributed by atoms with E-state index in [4.69, 9.17) is 10.5 Å². The summed E-state index contributed by atoms with van der Waals surface area (Å²) in [5.74, 6) is 1.19. The van der Waals surface area contributed by atoms with Gasteiger partial charge in [-0.2, -0.15) is 5.10 Å². The lowest BCUT2D eigenvalue weighted by Gasteiger charge is -2.05. The molecule has 0 unspecified atom stereocenters. The number of carbonyl (C=O) groups excluding carboxylic acids is 1. The Balaban J connectivity index is 1.85. The number of hydrogen-bond acceptors (Lipinski definition) is 4. The quantitative estimate of drug-likeness (QED) is 0.743. The summed E-state index contributed by atoms with van der Waals surface area (Å²) in [7, 11) is 1.61. The number of nitrogens with two attached hydrogens (primary N) is 1. The summed E-state index contributed by atoms with van der Waals surface area (Å²) in [5.41, 5.74) is 7.34. The zero-order chi connectivity index (χ0) is 13.7. The van der Waals surface area contributed by atoms with Crippen molar-refractivity contribution in [3.8, 4) is 5.75 Å². The molecule has 2 rings (SSSR count).